The summed E-state index contributed by atoms with van der Waals surface area (Å²) in [5, 5.41) is 0. The van der Waals surface area contributed by atoms with E-state index in [0.29, 0.717) is 12.3 Å². The second-order valence-corrected chi connectivity index (χ2v) is 4.74. The average molecular weight is 330 g/mol. The number of methoxy groups -OCH3 is 1. The number of aromatic nitrogens is 1. The lowest BCUT2D eigenvalue weighted by atomic mass is 10.2. The Kier molecular flexibility index (Phi) is 6.49. The highest BCUT2D eigenvalue weighted by Gasteiger charge is 2.21. The highest BCUT2D eigenvalue weighted by molar-refractivity contribution is 9.09. The van der Waals surface area contributed by atoms with Gasteiger partial charge in [-0.2, -0.15) is 0 Å². The SMILES string of the molecule is CCCCOC(=O)C(Br)c1cccc(C(=O)OC)n1. The van der Waals surface area contributed by atoms with Crippen LogP contribution in [0.2, 0.25) is 0 Å². The van der Waals surface area contributed by atoms with Crippen molar-refractivity contribution in [3.05, 3.63) is 29.6 Å². The molecule has 0 aromatic carbocycles. The first kappa shape index (κ1) is 15.6. The number of hydrogen-bond donors (Lipinski definition) is 0. The van der Waals surface area contributed by atoms with Gasteiger partial charge in [0.25, 0.3) is 0 Å². The van der Waals surface area contributed by atoms with E-state index in [4.69, 9.17) is 4.74 Å². The van der Waals surface area contributed by atoms with Gasteiger partial charge in [0.2, 0.25) is 0 Å². The van der Waals surface area contributed by atoms with E-state index >= 15 is 0 Å². The van der Waals surface area contributed by atoms with Crippen LogP contribution >= 0.6 is 15.9 Å². The quantitative estimate of drug-likeness (QED) is 0.456. The lowest BCUT2D eigenvalue weighted by Crippen LogP contribution is -2.14. The minimum absolute atomic E-state index is 0.158. The van der Waals surface area contributed by atoms with Gasteiger partial charge in [-0.1, -0.05) is 35.3 Å². The van der Waals surface area contributed by atoms with Crippen molar-refractivity contribution in [1.29, 1.82) is 0 Å². The van der Waals surface area contributed by atoms with Crippen LogP contribution in [-0.2, 0) is 14.3 Å². The van der Waals surface area contributed by atoms with E-state index in [0.717, 1.165) is 12.8 Å². The summed E-state index contributed by atoms with van der Waals surface area (Å²) in [5.41, 5.74) is 0.579. The number of carbonyl (C=O) groups excluding carboxylic acids is 2. The zero-order chi connectivity index (χ0) is 14.3. The summed E-state index contributed by atoms with van der Waals surface area (Å²) in [6, 6.07) is 4.81. The second kappa shape index (κ2) is 7.89. The fourth-order valence-electron chi connectivity index (χ4n) is 1.32. The third kappa shape index (κ3) is 4.63. The number of unbranched alkanes of at least 4 members (excludes halogenated alkanes) is 1. The molecule has 1 unspecified atom stereocenters. The molecule has 0 amide bonds. The van der Waals surface area contributed by atoms with Crippen LogP contribution in [0.4, 0.5) is 0 Å². The molecule has 19 heavy (non-hydrogen) atoms. The number of carbonyl (C=O) groups is 2. The second-order valence-electron chi connectivity index (χ2n) is 3.82. The molecule has 5 nitrogen and oxygen atoms in total. The summed E-state index contributed by atoms with van der Waals surface area (Å²) in [6.45, 7) is 2.40. The molecule has 1 heterocycles. The van der Waals surface area contributed by atoms with Crippen LogP contribution in [0.1, 0.15) is 40.8 Å². The van der Waals surface area contributed by atoms with Gasteiger partial charge in [0.05, 0.1) is 19.4 Å². The molecule has 0 N–H and O–H groups in total. The molecule has 1 rings (SSSR count). The Morgan fingerprint density at radius 1 is 1.42 bits per heavy atom. The van der Waals surface area contributed by atoms with Gasteiger partial charge < -0.3 is 9.47 Å². The number of halogens is 1. The van der Waals surface area contributed by atoms with E-state index in [1.165, 1.54) is 13.2 Å². The smallest absolute Gasteiger partial charge is 0.356 e. The first-order valence-electron chi connectivity index (χ1n) is 5.96. The number of rotatable bonds is 6. The maximum absolute atomic E-state index is 11.7. The van der Waals surface area contributed by atoms with Crippen molar-refractivity contribution in [2.45, 2.75) is 24.6 Å². The molecule has 0 aliphatic heterocycles. The molecule has 0 bridgehead atoms. The van der Waals surface area contributed by atoms with Gasteiger partial charge in [-0.15, -0.1) is 0 Å². The highest BCUT2D eigenvalue weighted by atomic mass is 79.9. The van der Waals surface area contributed by atoms with E-state index in [-0.39, 0.29) is 5.69 Å². The lowest BCUT2D eigenvalue weighted by Gasteiger charge is -2.10. The van der Waals surface area contributed by atoms with Crippen LogP contribution in [0.15, 0.2) is 18.2 Å². The summed E-state index contributed by atoms with van der Waals surface area (Å²) in [4.78, 5) is 26.5. The topological polar surface area (TPSA) is 65.5 Å². The predicted molar refractivity (Wildman–Crippen MR) is 73.1 cm³/mol. The van der Waals surface area contributed by atoms with Crippen molar-refractivity contribution in [3.8, 4) is 0 Å². The number of hydrogen-bond acceptors (Lipinski definition) is 5. The minimum atomic E-state index is -0.686. The standard InChI is InChI=1S/C13H16BrNO4/c1-3-4-8-19-13(17)11(14)9-6-5-7-10(15-9)12(16)18-2/h5-7,11H,3-4,8H2,1-2H3. The Hall–Kier alpha value is -1.43. The first-order chi connectivity index (χ1) is 9.10. The molecule has 0 radical (unpaired) electrons. The molecule has 0 aliphatic carbocycles. The van der Waals surface area contributed by atoms with Gasteiger partial charge in [0.1, 0.15) is 5.69 Å². The molecule has 0 spiro atoms. The number of ether oxygens (including phenoxy) is 2. The molecule has 0 aliphatic rings. The fraction of sp³-hybridized carbons (Fsp3) is 0.462. The number of alkyl halides is 1. The lowest BCUT2D eigenvalue weighted by molar-refractivity contribution is -0.143. The molecule has 0 saturated heterocycles. The van der Waals surface area contributed by atoms with Gasteiger partial charge in [-0.3, -0.25) is 4.79 Å². The first-order valence-corrected chi connectivity index (χ1v) is 6.87. The van der Waals surface area contributed by atoms with Crippen molar-refractivity contribution in [2.24, 2.45) is 0 Å². The zero-order valence-corrected chi connectivity index (χ0v) is 12.5. The molecule has 104 valence electrons. The molecule has 1 aromatic heterocycles. The van der Waals surface area contributed by atoms with Gasteiger partial charge in [0.15, 0.2) is 4.83 Å². The van der Waals surface area contributed by atoms with Crippen molar-refractivity contribution >= 4 is 27.9 Å². The third-order valence-electron chi connectivity index (χ3n) is 2.37. The van der Waals surface area contributed by atoms with E-state index in [1.807, 2.05) is 6.92 Å². The molecule has 6 heteroatoms. The van der Waals surface area contributed by atoms with Crippen molar-refractivity contribution in [2.75, 3.05) is 13.7 Å². The van der Waals surface area contributed by atoms with E-state index in [9.17, 15) is 9.59 Å². The summed E-state index contributed by atoms with van der Waals surface area (Å²) < 4.78 is 9.66. The van der Waals surface area contributed by atoms with E-state index in [2.05, 4.69) is 25.7 Å². The van der Waals surface area contributed by atoms with E-state index in [1.54, 1.807) is 12.1 Å². The molecule has 0 fully saturated rings. The Labute approximate surface area is 120 Å². The monoisotopic (exact) mass is 329 g/mol. The Balaban J connectivity index is 2.73. The van der Waals surface area contributed by atoms with Crippen LogP contribution in [0.5, 0.6) is 0 Å². The van der Waals surface area contributed by atoms with Crippen LogP contribution < -0.4 is 0 Å². The maximum atomic E-state index is 11.7. The molecule has 1 atom stereocenters. The fourth-order valence-corrected chi connectivity index (χ4v) is 1.71. The summed E-state index contributed by atoms with van der Waals surface area (Å²) in [6.07, 6.45) is 1.78. The molecular weight excluding hydrogens is 314 g/mol. The maximum Gasteiger partial charge on any atom is 0.356 e. The van der Waals surface area contributed by atoms with Crippen LogP contribution in [0, 0.1) is 0 Å². The predicted octanol–water partition coefficient (Wildman–Crippen LogP) is 2.65. The van der Waals surface area contributed by atoms with Crippen molar-refractivity contribution in [1.82, 2.24) is 4.98 Å². The summed E-state index contributed by atoms with van der Waals surface area (Å²) in [7, 11) is 1.28. The van der Waals surface area contributed by atoms with Crippen LogP contribution in [-0.4, -0.2) is 30.6 Å². The largest absolute Gasteiger partial charge is 0.465 e. The van der Waals surface area contributed by atoms with Crippen LogP contribution in [0.3, 0.4) is 0 Å². The Bertz CT molecular complexity index is 450. The van der Waals surface area contributed by atoms with Gasteiger partial charge in [-0.05, 0) is 18.6 Å². The van der Waals surface area contributed by atoms with Gasteiger partial charge in [-0.25, -0.2) is 9.78 Å². The van der Waals surface area contributed by atoms with Crippen molar-refractivity contribution in [3.63, 3.8) is 0 Å². The molecule has 0 saturated carbocycles. The number of esters is 2. The van der Waals surface area contributed by atoms with Crippen LogP contribution in [0.25, 0.3) is 0 Å². The molecular formula is C13H16BrNO4. The Morgan fingerprint density at radius 3 is 2.79 bits per heavy atom. The zero-order valence-electron chi connectivity index (χ0n) is 10.9. The highest BCUT2D eigenvalue weighted by Crippen LogP contribution is 2.22. The van der Waals surface area contributed by atoms with Crippen molar-refractivity contribution < 1.29 is 19.1 Å². The number of nitrogens with zero attached hydrogens (tertiary/aromatic N) is 1. The van der Waals surface area contributed by atoms with Gasteiger partial charge in [0, 0.05) is 0 Å². The summed E-state index contributed by atoms with van der Waals surface area (Å²) >= 11 is 3.22. The third-order valence-corrected chi connectivity index (χ3v) is 3.22. The minimum Gasteiger partial charge on any atom is -0.465 e. The summed E-state index contributed by atoms with van der Waals surface area (Å²) in [5.74, 6) is -0.955. The van der Waals surface area contributed by atoms with E-state index < -0.39 is 16.8 Å². The van der Waals surface area contributed by atoms with Gasteiger partial charge >= 0.3 is 11.9 Å². The normalized spacial score (nSPS) is 11.7. The number of pyridine rings is 1. The molecule has 1 aromatic rings. The average Bonchev–Trinajstić information content (AvgIpc) is 2.45. The Morgan fingerprint density at radius 2 is 2.16 bits per heavy atom.